The summed E-state index contributed by atoms with van der Waals surface area (Å²) in [5, 5.41) is 7.54. The number of hydrogen-bond acceptors (Lipinski definition) is 7. The van der Waals surface area contributed by atoms with E-state index in [1.54, 1.807) is 53.9 Å². The van der Waals surface area contributed by atoms with Crippen molar-refractivity contribution in [3.63, 3.8) is 0 Å². The van der Waals surface area contributed by atoms with Gasteiger partial charge in [-0.15, -0.1) is 11.3 Å². The summed E-state index contributed by atoms with van der Waals surface area (Å²) in [5.41, 5.74) is 1.94. The van der Waals surface area contributed by atoms with Crippen LogP contribution < -0.4 is 10.6 Å². The Balaban J connectivity index is 1.41. The minimum Gasteiger partial charge on any atom is -0.458 e. The van der Waals surface area contributed by atoms with Gasteiger partial charge in [-0.05, 0) is 31.2 Å². The minimum atomic E-state index is -0.428. The molecule has 0 aliphatic rings. The zero-order chi connectivity index (χ0) is 22.7. The Morgan fingerprint density at radius 2 is 1.69 bits per heavy atom. The molecule has 0 aliphatic heterocycles. The molecule has 3 aromatic heterocycles. The van der Waals surface area contributed by atoms with Crippen LogP contribution in [-0.2, 0) is 11.3 Å². The van der Waals surface area contributed by atoms with E-state index < -0.39 is 5.91 Å². The van der Waals surface area contributed by atoms with Gasteiger partial charge in [-0.25, -0.2) is 4.98 Å². The number of furan rings is 2. The number of carbonyl (C=O) groups excluding carboxylic acids is 3. The molecule has 3 heterocycles. The molecule has 2 N–H and O–H groups in total. The van der Waals surface area contributed by atoms with Crippen LogP contribution in [0.25, 0.3) is 22.8 Å². The normalized spacial score (nSPS) is 10.7. The van der Waals surface area contributed by atoms with Crippen molar-refractivity contribution >= 4 is 34.1 Å². The number of benzene rings is 1. The average Bonchev–Trinajstić information content (AvgIpc) is 3.52. The fraction of sp³-hybridized carbons (Fsp3) is 0.130. The van der Waals surface area contributed by atoms with Crippen molar-refractivity contribution in [3.8, 4) is 22.8 Å². The van der Waals surface area contributed by atoms with Crippen LogP contribution in [0, 0.1) is 0 Å². The van der Waals surface area contributed by atoms with Crippen molar-refractivity contribution in [2.75, 3.05) is 5.32 Å². The summed E-state index contributed by atoms with van der Waals surface area (Å²) in [6.07, 6.45) is 0. The Hall–Kier alpha value is -3.98. The van der Waals surface area contributed by atoms with Crippen LogP contribution in [-0.4, -0.2) is 22.6 Å². The van der Waals surface area contributed by atoms with Crippen LogP contribution in [0.1, 0.15) is 40.5 Å². The molecule has 162 valence electrons. The van der Waals surface area contributed by atoms with Crippen molar-refractivity contribution < 1.29 is 23.2 Å². The fourth-order valence-corrected chi connectivity index (χ4v) is 3.60. The van der Waals surface area contributed by atoms with Crippen molar-refractivity contribution in [1.82, 2.24) is 10.3 Å². The highest BCUT2D eigenvalue weighted by atomic mass is 32.1. The molecular formula is C23H19N3O5S. The van der Waals surface area contributed by atoms with E-state index in [-0.39, 0.29) is 17.5 Å². The van der Waals surface area contributed by atoms with Crippen LogP contribution in [0.5, 0.6) is 0 Å². The average molecular weight is 449 g/mol. The maximum Gasteiger partial charge on any atom is 0.293 e. The first-order chi connectivity index (χ1) is 15.4. The lowest BCUT2D eigenvalue weighted by atomic mass is 10.1. The Morgan fingerprint density at radius 1 is 0.938 bits per heavy atom. The molecule has 4 aromatic rings. The molecule has 1 aromatic carbocycles. The summed E-state index contributed by atoms with van der Waals surface area (Å²) in [5.74, 6) is 1.22. The van der Waals surface area contributed by atoms with E-state index in [9.17, 15) is 14.4 Å². The molecule has 8 nitrogen and oxygen atoms in total. The predicted octanol–water partition coefficient (Wildman–Crippen LogP) is 4.75. The first kappa shape index (κ1) is 21.3. The second-order valence-electron chi connectivity index (χ2n) is 6.97. The minimum absolute atomic E-state index is 0.0163. The number of ketones is 1. The number of hydrogen-bond donors (Lipinski definition) is 2. The maximum atomic E-state index is 12.6. The number of Topliss-reactive ketones (excluding diaryl/α,β-unsaturated/α-hetero) is 1. The van der Waals surface area contributed by atoms with E-state index in [1.165, 1.54) is 25.2 Å². The van der Waals surface area contributed by atoms with E-state index in [4.69, 9.17) is 8.83 Å². The van der Waals surface area contributed by atoms with Gasteiger partial charge in [0.2, 0.25) is 5.91 Å². The lowest BCUT2D eigenvalue weighted by molar-refractivity contribution is -0.119. The monoisotopic (exact) mass is 449 g/mol. The highest BCUT2D eigenvalue weighted by Gasteiger charge is 2.16. The quantitative estimate of drug-likeness (QED) is 0.393. The van der Waals surface area contributed by atoms with Gasteiger partial charge in [0.1, 0.15) is 17.2 Å². The highest BCUT2D eigenvalue weighted by molar-refractivity contribution is 7.14. The number of carbonyl (C=O) groups is 3. The molecule has 4 rings (SSSR count). The van der Waals surface area contributed by atoms with E-state index in [0.717, 1.165) is 5.56 Å². The summed E-state index contributed by atoms with van der Waals surface area (Å²) in [6.45, 7) is 3.23. The molecule has 0 fully saturated rings. The van der Waals surface area contributed by atoms with Gasteiger partial charge in [0, 0.05) is 23.4 Å². The summed E-state index contributed by atoms with van der Waals surface area (Å²) in [4.78, 5) is 39.4. The zero-order valence-electron chi connectivity index (χ0n) is 17.3. The lowest BCUT2D eigenvalue weighted by Gasteiger charge is -2.00. The molecule has 0 unspecified atom stereocenters. The predicted molar refractivity (Wildman–Crippen MR) is 119 cm³/mol. The summed E-state index contributed by atoms with van der Waals surface area (Å²) in [6, 6.07) is 13.8. The largest absolute Gasteiger partial charge is 0.458 e. The number of rotatable bonds is 7. The number of anilines is 1. The second kappa shape index (κ2) is 9.03. The van der Waals surface area contributed by atoms with Crippen molar-refractivity contribution in [1.29, 1.82) is 0 Å². The fourth-order valence-electron chi connectivity index (χ4n) is 2.91. The van der Waals surface area contributed by atoms with Gasteiger partial charge in [-0.1, -0.05) is 24.3 Å². The Morgan fingerprint density at radius 3 is 2.41 bits per heavy atom. The van der Waals surface area contributed by atoms with Crippen molar-refractivity contribution in [3.05, 3.63) is 71.0 Å². The van der Waals surface area contributed by atoms with Crippen LogP contribution in [0.4, 0.5) is 5.13 Å². The van der Waals surface area contributed by atoms with E-state index in [1.807, 2.05) is 0 Å². The summed E-state index contributed by atoms with van der Waals surface area (Å²) >= 11 is 1.26. The number of amides is 2. The molecule has 0 bridgehead atoms. The third-order valence-electron chi connectivity index (χ3n) is 4.56. The molecule has 0 saturated heterocycles. The van der Waals surface area contributed by atoms with Crippen LogP contribution in [0.15, 0.2) is 62.7 Å². The van der Waals surface area contributed by atoms with Crippen LogP contribution in [0.3, 0.4) is 0 Å². The first-order valence-corrected chi connectivity index (χ1v) is 10.6. The van der Waals surface area contributed by atoms with Gasteiger partial charge in [0.25, 0.3) is 5.91 Å². The van der Waals surface area contributed by atoms with Gasteiger partial charge >= 0.3 is 0 Å². The molecule has 0 radical (unpaired) electrons. The van der Waals surface area contributed by atoms with Crippen molar-refractivity contribution in [2.45, 2.75) is 20.4 Å². The van der Waals surface area contributed by atoms with Gasteiger partial charge in [0.15, 0.2) is 22.4 Å². The lowest BCUT2D eigenvalue weighted by Crippen LogP contribution is -2.18. The second-order valence-corrected chi connectivity index (χ2v) is 7.82. The third-order valence-corrected chi connectivity index (χ3v) is 5.31. The van der Waals surface area contributed by atoms with E-state index in [0.29, 0.717) is 40.2 Å². The van der Waals surface area contributed by atoms with Gasteiger partial charge in [0.05, 0.1) is 6.54 Å². The smallest absolute Gasteiger partial charge is 0.293 e. The highest BCUT2D eigenvalue weighted by Crippen LogP contribution is 2.28. The zero-order valence-corrected chi connectivity index (χ0v) is 18.1. The van der Waals surface area contributed by atoms with Gasteiger partial charge < -0.3 is 14.2 Å². The molecule has 0 spiro atoms. The topological polar surface area (TPSA) is 114 Å². The van der Waals surface area contributed by atoms with Crippen molar-refractivity contribution in [2.24, 2.45) is 0 Å². The maximum absolute atomic E-state index is 12.6. The third kappa shape index (κ3) is 4.84. The number of nitrogens with one attached hydrogen (secondary N) is 2. The number of nitrogens with zero attached hydrogens (tertiary/aromatic N) is 1. The molecule has 2 amide bonds. The SMILES string of the molecule is CC(=O)NCc1ccc(-c2csc(NC(=O)c3ccc(-c4ccc(C(C)=O)cc4)o3)n2)o1. The molecular weight excluding hydrogens is 430 g/mol. The molecule has 0 atom stereocenters. The van der Waals surface area contributed by atoms with Gasteiger partial charge in [-0.2, -0.15) is 0 Å². The first-order valence-electron chi connectivity index (χ1n) is 9.70. The number of thiazole rings is 1. The Kier molecular flexibility index (Phi) is 6.00. The Labute approximate surface area is 187 Å². The van der Waals surface area contributed by atoms with E-state index in [2.05, 4.69) is 15.6 Å². The summed E-state index contributed by atoms with van der Waals surface area (Å²) in [7, 11) is 0. The summed E-state index contributed by atoms with van der Waals surface area (Å²) < 4.78 is 11.3. The molecule has 0 aliphatic carbocycles. The standard InChI is InChI=1S/C23H19N3O5S/c1-13(27)15-3-5-16(6-4-15)19-9-10-21(31-19)22(29)26-23-25-18(12-32-23)20-8-7-17(30-20)11-24-14(2)28/h3-10,12H,11H2,1-2H3,(H,24,28)(H,25,26,29). The van der Waals surface area contributed by atoms with Crippen LogP contribution >= 0.6 is 11.3 Å². The molecule has 32 heavy (non-hydrogen) atoms. The van der Waals surface area contributed by atoms with Gasteiger partial charge in [-0.3, -0.25) is 19.7 Å². The Bertz CT molecular complexity index is 1280. The number of aromatic nitrogens is 1. The van der Waals surface area contributed by atoms with E-state index >= 15 is 0 Å². The van der Waals surface area contributed by atoms with Crippen LogP contribution in [0.2, 0.25) is 0 Å². The molecule has 9 heteroatoms. The molecule has 0 saturated carbocycles.